The Morgan fingerprint density at radius 1 is 1.36 bits per heavy atom. The molecule has 0 aliphatic carbocycles. The van der Waals surface area contributed by atoms with Crippen molar-refractivity contribution in [3.63, 3.8) is 0 Å². The summed E-state index contributed by atoms with van der Waals surface area (Å²) in [6.45, 7) is 7.94. The third-order valence-corrected chi connectivity index (χ3v) is 5.53. The molecule has 3 rings (SSSR count). The molecule has 0 saturated carbocycles. The molecule has 0 atom stereocenters. The second-order valence-electron chi connectivity index (χ2n) is 6.10. The van der Waals surface area contributed by atoms with Gasteiger partial charge in [0.1, 0.15) is 4.83 Å². The Hall–Kier alpha value is -1.44. The molecule has 3 heterocycles. The summed E-state index contributed by atoms with van der Waals surface area (Å²) < 4.78 is 8.30. The van der Waals surface area contributed by atoms with E-state index in [0.717, 1.165) is 15.3 Å². The zero-order valence-electron chi connectivity index (χ0n) is 13.1. The number of fused-ring (bicyclic) bond motifs is 1. The molecule has 2 aromatic heterocycles. The van der Waals surface area contributed by atoms with E-state index in [2.05, 4.69) is 0 Å². The maximum Gasteiger partial charge on any atom is 0.332 e. The van der Waals surface area contributed by atoms with Gasteiger partial charge in [0.25, 0.3) is 5.56 Å². The Bertz CT molecular complexity index is 827. The topological polar surface area (TPSA) is 79.3 Å². The molecule has 0 bridgehead atoms. The third-order valence-electron chi connectivity index (χ3n) is 4.19. The first-order chi connectivity index (χ1) is 10.5. The van der Waals surface area contributed by atoms with E-state index in [0.29, 0.717) is 37.6 Å². The van der Waals surface area contributed by atoms with Gasteiger partial charge in [0.05, 0.1) is 18.6 Å². The first-order valence-electron chi connectivity index (χ1n) is 7.50. The molecule has 0 amide bonds. The van der Waals surface area contributed by atoms with Gasteiger partial charge in [-0.15, -0.1) is 11.3 Å². The quantitative estimate of drug-likeness (QED) is 0.917. The van der Waals surface area contributed by atoms with Crippen molar-refractivity contribution < 1.29 is 4.74 Å². The minimum Gasteiger partial charge on any atom is -0.381 e. The molecule has 2 aromatic rings. The predicted molar refractivity (Wildman–Crippen MR) is 87.7 cm³/mol. The van der Waals surface area contributed by atoms with Gasteiger partial charge >= 0.3 is 5.69 Å². The van der Waals surface area contributed by atoms with E-state index in [-0.39, 0.29) is 17.3 Å². The summed E-state index contributed by atoms with van der Waals surface area (Å²) in [5, 5.41) is 0.638. The Morgan fingerprint density at radius 2 is 2.05 bits per heavy atom. The van der Waals surface area contributed by atoms with Gasteiger partial charge < -0.3 is 10.5 Å². The van der Waals surface area contributed by atoms with Crippen LogP contribution in [0.1, 0.15) is 30.3 Å². The van der Waals surface area contributed by atoms with E-state index < -0.39 is 0 Å². The van der Waals surface area contributed by atoms with Crippen molar-refractivity contribution in [1.29, 1.82) is 0 Å². The van der Waals surface area contributed by atoms with Gasteiger partial charge in [-0.05, 0) is 26.3 Å². The van der Waals surface area contributed by atoms with Crippen molar-refractivity contribution in [3.05, 3.63) is 31.3 Å². The number of aromatic nitrogens is 2. The van der Waals surface area contributed by atoms with Crippen molar-refractivity contribution in [2.45, 2.75) is 39.9 Å². The summed E-state index contributed by atoms with van der Waals surface area (Å²) >= 11 is 1.46. The fourth-order valence-electron chi connectivity index (χ4n) is 2.87. The Balaban J connectivity index is 2.35. The molecule has 6 nitrogen and oxygen atoms in total. The summed E-state index contributed by atoms with van der Waals surface area (Å²) in [6.07, 6.45) is 0. The van der Waals surface area contributed by atoms with Crippen molar-refractivity contribution >= 4 is 21.6 Å². The highest BCUT2D eigenvalue weighted by Crippen LogP contribution is 2.28. The summed E-state index contributed by atoms with van der Waals surface area (Å²) in [7, 11) is 0. The highest BCUT2D eigenvalue weighted by molar-refractivity contribution is 7.18. The molecular weight excluding hydrogens is 302 g/mol. The molecule has 0 radical (unpaired) electrons. The number of hydrogen-bond acceptors (Lipinski definition) is 5. The van der Waals surface area contributed by atoms with Crippen molar-refractivity contribution in [3.8, 4) is 0 Å². The van der Waals surface area contributed by atoms with Crippen LogP contribution in [0.25, 0.3) is 10.2 Å². The average Bonchev–Trinajstić information content (AvgIpc) is 2.73. The lowest BCUT2D eigenvalue weighted by Crippen LogP contribution is -2.43. The second-order valence-corrected chi connectivity index (χ2v) is 7.18. The number of rotatable bonds is 4. The number of thiophene rings is 1. The van der Waals surface area contributed by atoms with Gasteiger partial charge in [-0.1, -0.05) is 0 Å². The highest BCUT2D eigenvalue weighted by atomic mass is 32.1. The zero-order chi connectivity index (χ0) is 16.0. The lowest BCUT2D eigenvalue weighted by molar-refractivity contribution is -0.0395. The van der Waals surface area contributed by atoms with Gasteiger partial charge in [-0.2, -0.15) is 0 Å². The molecule has 1 fully saturated rings. The molecule has 0 unspecified atom stereocenters. The molecule has 1 aliphatic heterocycles. The van der Waals surface area contributed by atoms with Gasteiger partial charge in [-0.25, -0.2) is 4.79 Å². The zero-order valence-corrected chi connectivity index (χ0v) is 13.9. The Labute approximate surface area is 132 Å². The summed E-state index contributed by atoms with van der Waals surface area (Å²) in [5.74, 6) is 0.336. The minimum absolute atomic E-state index is 0.172. The average molecular weight is 323 g/mol. The largest absolute Gasteiger partial charge is 0.381 e. The summed E-state index contributed by atoms with van der Waals surface area (Å²) in [6, 6.07) is -0.172. The van der Waals surface area contributed by atoms with E-state index in [1.165, 1.54) is 15.9 Å². The van der Waals surface area contributed by atoms with Gasteiger partial charge in [0, 0.05) is 29.9 Å². The molecule has 1 aliphatic rings. The van der Waals surface area contributed by atoms with Crippen molar-refractivity contribution in [1.82, 2.24) is 9.13 Å². The molecule has 7 heteroatoms. The molecule has 0 spiro atoms. The smallest absolute Gasteiger partial charge is 0.332 e. The van der Waals surface area contributed by atoms with Crippen LogP contribution in [-0.4, -0.2) is 22.3 Å². The van der Waals surface area contributed by atoms with Crippen LogP contribution in [0.2, 0.25) is 0 Å². The number of nitrogens with two attached hydrogens (primary N) is 1. The maximum absolute atomic E-state index is 12.8. The van der Waals surface area contributed by atoms with Crippen LogP contribution >= 0.6 is 11.3 Å². The standard InChI is InChI=1S/C15H21N3O3S/c1-8(2)18-13(19)12-9(3)11(4-16)22-14(12)17(15(18)20)5-10-6-21-7-10/h8,10H,4-7,16H2,1-3H3. The lowest BCUT2D eigenvalue weighted by Gasteiger charge is -2.27. The predicted octanol–water partition coefficient (Wildman–Crippen LogP) is 1.22. The summed E-state index contributed by atoms with van der Waals surface area (Å²) in [5.41, 5.74) is 6.25. The van der Waals surface area contributed by atoms with Crippen LogP contribution in [0.3, 0.4) is 0 Å². The second kappa shape index (κ2) is 5.64. The molecule has 1 saturated heterocycles. The molecule has 120 valence electrons. The third kappa shape index (κ3) is 2.24. The van der Waals surface area contributed by atoms with Crippen LogP contribution in [0.15, 0.2) is 9.59 Å². The SMILES string of the molecule is Cc1c(CN)sc2c1c(=O)n(C(C)C)c(=O)n2CC1COC1. The van der Waals surface area contributed by atoms with Crippen LogP contribution in [0.5, 0.6) is 0 Å². The fraction of sp³-hybridized carbons (Fsp3) is 0.600. The number of ether oxygens (including phenoxy) is 1. The number of hydrogen-bond donors (Lipinski definition) is 1. The first kappa shape index (κ1) is 15.5. The number of aryl methyl sites for hydroxylation is 1. The minimum atomic E-state index is -0.232. The van der Waals surface area contributed by atoms with E-state index in [9.17, 15) is 9.59 Å². The first-order valence-corrected chi connectivity index (χ1v) is 8.32. The Morgan fingerprint density at radius 3 is 2.55 bits per heavy atom. The van der Waals surface area contributed by atoms with E-state index in [4.69, 9.17) is 10.5 Å². The molecule has 0 aromatic carbocycles. The highest BCUT2D eigenvalue weighted by Gasteiger charge is 2.25. The van der Waals surface area contributed by atoms with Gasteiger partial charge in [0.2, 0.25) is 0 Å². The maximum atomic E-state index is 12.8. The van der Waals surface area contributed by atoms with E-state index >= 15 is 0 Å². The van der Waals surface area contributed by atoms with Crippen LogP contribution in [-0.2, 0) is 17.8 Å². The molecular formula is C15H21N3O3S. The monoisotopic (exact) mass is 323 g/mol. The molecule has 22 heavy (non-hydrogen) atoms. The van der Waals surface area contributed by atoms with Crippen molar-refractivity contribution in [2.75, 3.05) is 13.2 Å². The molecule has 2 N–H and O–H groups in total. The van der Waals surface area contributed by atoms with Crippen molar-refractivity contribution in [2.24, 2.45) is 11.7 Å². The summed E-state index contributed by atoms with van der Waals surface area (Å²) in [4.78, 5) is 27.3. The Kier molecular flexibility index (Phi) is 3.96. The van der Waals surface area contributed by atoms with E-state index in [1.807, 2.05) is 20.8 Å². The van der Waals surface area contributed by atoms with Gasteiger partial charge in [-0.3, -0.25) is 13.9 Å². The number of nitrogens with zero attached hydrogens (tertiary/aromatic N) is 2. The van der Waals surface area contributed by atoms with E-state index in [1.54, 1.807) is 4.57 Å². The normalized spacial score (nSPS) is 15.7. The van der Waals surface area contributed by atoms with Crippen LogP contribution in [0.4, 0.5) is 0 Å². The van der Waals surface area contributed by atoms with Crippen LogP contribution in [0, 0.1) is 12.8 Å². The fourth-order valence-corrected chi connectivity index (χ4v) is 4.05. The van der Waals surface area contributed by atoms with Crippen LogP contribution < -0.4 is 17.0 Å². The lowest BCUT2D eigenvalue weighted by atomic mass is 10.1. The van der Waals surface area contributed by atoms with Gasteiger partial charge in [0.15, 0.2) is 0 Å².